The third-order valence-electron chi connectivity index (χ3n) is 3.83. The molecule has 2 aromatic heterocycles. The van der Waals surface area contributed by atoms with E-state index in [1.54, 1.807) is 12.1 Å². The van der Waals surface area contributed by atoms with Crippen LogP contribution in [0.2, 0.25) is 0 Å². The Bertz CT molecular complexity index is 968. The molecule has 4 heteroatoms. The van der Waals surface area contributed by atoms with Gasteiger partial charge in [0.2, 0.25) is 0 Å². The topological polar surface area (TPSA) is 31.0 Å². The molecule has 2 heterocycles. The van der Waals surface area contributed by atoms with E-state index in [0.29, 0.717) is 11.3 Å². The number of halogens is 1. The fraction of sp³-hybridized carbons (Fsp3) is 0.0556. The highest BCUT2D eigenvalue weighted by Gasteiger charge is 2.13. The summed E-state index contributed by atoms with van der Waals surface area (Å²) in [5, 5.41) is 5.28. The minimum atomic E-state index is -0.292. The van der Waals surface area contributed by atoms with Crippen molar-refractivity contribution in [1.82, 2.24) is 9.72 Å². The van der Waals surface area contributed by atoms with Gasteiger partial charge in [0.25, 0.3) is 0 Å². The molecular weight excluding hydrogens is 279 g/mol. The normalized spacial score (nSPS) is 11.2. The number of fused-ring (bicyclic) bond motifs is 1. The number of aromatic nitrogens is 2. The molecule has 0 aliphatic carbocycles. The van der Waals surface area contributed by atoms with E-state index < -0.39 is 0 Å². The Morgan fingerprint density at radius 2 is 1.86 bits per heavy atom. The summed E-state index contributed by atoms with van der Waals surface area (Å²) >= 11 is 0. The molecule has 0 bridgehead atoms. The Hall–Kier alpha value is -2.88. The number of hydrogen-bond acceptors (Lipinski definition) is 2. The van der Waals surface area contributed by atoms with E-state index in [0.717, 1.165) is 22.3 Å². The first-order valence-corrected chi connectivity index (χ1v) is 7.00. The molecule has 0 amide bonds. The van der Waals surface area contributed by atoms with Gasteiger partial charge in [0, 0.05) is 29.6 Å². The zero-order valence-corrected chi connectivity index (χ0v) is 12.0. The smallest absolute Gasteiger partial charge is 0.167 e. The molecule has 0 radical (unpaired) electrons. The molecule has 0 atom stereocenters. The van der Waals surface area contributed by atoms with Crippen LogP contribution in [0.5, 0.6) is 0 Å². The van der Waals surface area contributed by atoms with Gasteiger partial charge < -0.3 is 9.09 Å². The van der Waals surface area contributed by atoms with Crippen molar-refractivity contribution in [2.24, 2.45) is 7.05 Å². The van der Waals surface area contributed by atoms with Crippen LogP contribution in [0.1, 0.15) is 0 Å². The Morgan fingerprint density at radius 3 is 2.68 bits per heavy atom. The lowest BCUT2D eigenvalue weighted by atomic mass is 10.1. The zero-order valence-electron chi connectivity index (χ0n) is 12.0. The lowest BCUT2D eigenvalue weighted by Crippen LogP contribution is -1.90. The van der Waals surface area contributed by atoms with Crippen LogP contribution in [0, 0.1) is 5.82 Å². The monoisotopic (exact) mass is 292 g/mol. The molecule has 0 unspecified atom stereocenters. The third-order valence-corrected chi connectivity index (χ3v) is 3.83. The van der Waals surface area contributed by atoms with Crippen molar-refractivity contribution in [1.29, 1.82) is 0 Å². The van der Waals surface area contributed by atoms with Crippen LogP contribution in [0.15, 0.2) is 65.2 Å². The van der Waals surface area contributed by atoms with E-state index >= 15 is 0 Å². The average Bonchev–Trinajstić information content (AvgIpc) is 3.13. The fourth-order valence-electron chi connectivity index (χ4n) is 2.71. The summed E-state index contributed by atoms with van der Waals surface area (Å²) in [6.45, 7) is 0. The quantitative estimate of drug-likeness (QED) is 0.539. The Kier molecular flexibility index (Phi) is 2.82. The summed E-state index contributed by atoms with van der Waals surface area (Å²) in [6, 6.07) is 18.3. The average molecular weight is 292 g/mol. The molecule has 0 saturated heterocycles. The lowest BCUT2D eigenvalue weighted by Gasteiger charge is -1.99. The van der Waals surface area contributed by atoms with E-state index in [1.165, 1.54) is 12.1 Å². The van der Waals surface area contributed by atoms with Crippen LogP contribution in [-0.2, 0) is 7.05 Å². The summed E-state index contributed by atoms with van der Waals surface area (Å²) in [4.78, 5) is 0. The second kappa shape index (κ2) is 4.84. The molecule has 4 rings (SSSR count). The predicted octanol–water partition coefficient (Wildman–Crippen LogP) is 4.64. The van der Waals surface area contributed by atoms with Gasteiger partial charge in [-0.05, 0) is 24.3 Å². The van der Waals surface area contributed by atoms with Gasteiger partial charge >= 0.3 is 0 Å². The minimum Gasteiger partial charge on any atom is -0.356 e. The number of para-hydroxylation sites is 1. The first-order chi connectivity index (χ1) is 10.7. The largest absolute Gasteiger partial charge is 0.356 e. The van der Waals surface area contributed by atoms with Crippen LogP contribution in [0.4, 0.5) is 4.39 Å². The molecule has 0 saturated carbocycles. The molecule has 0 spiro atoms. The predicted molar refractivity (Wildman–Crippen MR) is 83.8 cm³/mol. The molecule has 4 aromatic rings. The van der Waals surface area contributed by atoms with Crippen LogP contribution in [0.25, 0.3) is 33.6 Å². The maximum atomic E-state index is 13.3. The Labute approximate surface area is 126 Å². The van der Waals surface area contributed by atoms with Crippen LogP contribution in [-0.4, -0.2) is 9.72 Å². The lowest BCUT2D eigenvalue weighted by molar-refractivity contribution is 0.434. The number of hydrogen-bond donors (Lipinski definition) is 0. The number of benzene rings is 2. The van der Waals surface area contributed by atoms with E-state index in [-0.39, 0.29) is 5.82 Å². The van der Waals surface area contributed by atoms with Gasteiger partial charge in [0.15, 0.2) is 5.76 Å². The highest BCUT2D eigenvalue weighted by molar-refractivity contribution is 5.86. The van der Waals surface area contributed by atoms with E-state index in [1.807, 2.05) is 25.2 Å². The second-order valence-corrected chi connectivity index (χ2v) is 5.23. The van der Waals surface area contributed by atoms with Crippen molar-refractivity contribution in [2.45, 2.75) is 0 Å². The highest BCUT2D eigenvalue weighted by atomic mass is 19.1. The van der Waals surface area contributed by atoms with Crippen molar-refractivity contribution in [3.8, 4) is 22.7 Å². The number of aryl methyl sites for hydroxylation is 1. The van der Waals surface area contributed by atoms with Crippen LogP contribution in [0.3, 0.4) is 0 Å². The van der Waals surface area contributed by atoms with Gasteiger partial charge in [0.1, 0.15) is 11.5 Å². The fourth-order valence-corrected chi connectivity index (χ4v) is 2.71. The van der Waals surface area contributed by atoms with Gasteiger partial charge in [-0.25, -0.2) is 4.39 Å². The molecular formula is C18H13FN2O. The van der Waals surface area contributed by atoms with Crippen LogP contribution >= 0.6 is 0 Å². The third kappa shape index (κ3) is 2.00. The van der Waals surface area contributed by atoms with Gasteiger partial charge in [-0.1, -0.05) is 35.5 Å². The molecule has 22 heavy (non-hydrogen) atoms. The zero-order chi connectivity index (χ0) is 15.1. The number of rotatable bonds is 2. The van der Waals surface area contributed by atoms with Crippen LogP contribution < -0.4 is 0 Å². The Balaban J connectivity index is 1.82. The molecule has 3 nitrogen and oxygen atoms in total. The molecule has 2 aromatic carbocycles. The maximum absolute atomic E-state index is 13.3. The van der Waals surface area contributed by atoms with Gasteiger partial charge in [-0.2, -0.15) is 0 Å². The standard InChI is InChI=1S/C18H13FN2O/c1-21-16-8-3-2-5-12(16)10-17(21)15-11-18(22-20-15)13-6-4-7-14(19)9-13/h2-11H,1H3. The van der Waals surface area contributed by atoms with Crippen molar-refractivity contribution in [3.63, 3.8) is 0 Å². The minimum absolute atomic E-state index is 0.292. The maximum Gasteiger partial charge on any atom is 0.167 e. The molecule has 0 N–H and O–H groups in total. The SMILES string of the molecule is Cn1c(-c2cc(-c3cccc(F)c3)on2)cc2ccccc21. The highest BCUT2D eigenvalue weighted by Crippen LogP contribution is 2.30. The summed E-state index contributed by atoms with van der Waals surface area (Å²) < 4.78 is 20.8. The second-order valence-electron chi connectivity index (χ2n) is 5.23. The van der Waals surface area contributed by atoms with Crippen molar-refractivity contribution in [3.05, 3.63) is 66.5 Å². The van der Waals surface area contributed by atoms with Crippen molar-refractivity contribution in [2.75, 3.05) is 0 Å². The van der Waals surface area contributed by atoms with Gasteiger partial charge in [0.05, 0.1) is 5.69 Å². The summed E-state index contributed by atoms with van der Waals surface area (Å²) in [5.41, 5.74) is 3.51. The summed E-state index contributed by atoms with van der Waals surface area (Å²) in [6.07, 6.45) is 0. The van der Waals surface area contributed by atoms with Crippen molar-refractivity contribution >= 4 is 10.9 Å². The van der Waals surface area contributed by atoms with E-state index in [2.05, 4.69) is 27.9 Å². The molecule has 0 fully saturated rings. The van der Waals surface area contributed by atoms with Gasteiger partial charge in [-0.3, -0.25) is 0 Å². The van der Waals surface area contributed by atoms with Crippen molar-refractivity contribution < 1.29 is 8.91 Å². The summed E-state index contributed by atoms with van der Waals surface area (Å²) in [7, 11) is 1.99. The number of nitrogens with zero attached hydrogens (tertiary/aromatic N) is 2. The van der Waals surface area contributed by atoms with Gasteiger partial charge in [-0.15, -0.1) is 0 Å². The molecule has 108 valence electrons. The Morgan fingerprint density at radius 1 is 1.00 bits per heavy atom. The first kappa shape index (κ1) is 12.8. The molecule has 0 aliphatic rings. The van der Waals surface area contributed by atoms with E-state index in [9.17, 15) is 4.39 Å². The summed E-state index contributed by atoms with van der Waals surface area (Å²) in [5.74, 6) is 0.264. The van der Waals surface area contributed by atoms with E-state index in [4.69, 9.17) is 4.52 Å². The molecule has 0 aliphatic heterocycles. The first-order valence-electron chi connectivity index (χ1n) is 7.00.